The number of anilines is 1. The summed E-state index contributed by atoms with van der Waals surface area (Å²) in [6, 6.07) is 4.73. The first-order valence-corrected chi connectivity index (χ1v) is 7.47. The first kappa shape index (κ1) is 14.7. The van der Waals surface area contributed by atoms with Gasteiger partial charge in [-0.25, -0.2) is 9.37 Å². The number of imidazole rings is 1. The highest BCUT2D eigenvalue weighted by molar-refractivity contribution is 5.91. The Balaban J connectivity index is 1.65. The van der Waals surface area contributed by atoms with Gasteiger partial charge in [0.2, 0.25) is 5.91 Å². The largest absolute Gasteiger partial charge is 0.327 e. The summed E-state index contributed by atoms with van der Waals surface area (Å²) in [5.74, 6) is -0.291. The monoisotopic (exact) mass is 302 g/mol. The first-order chi connectivity index (χ1) is 10.6. The minimum atomic E-state index is -0.409. The number of nitrogens with one attached hydrogen (secondary N) is 1. The third-order valence-electron chi connectivity index (χ3n) is 4.18. The molecule has 1 aliphatic carbocycles. The van der Waals surface area contributed by atoms with E-state index in [1.807, 2.05) is 0 Å². The first-order valence-electron chi connectivity index (χ1n) is 7.47. The minimum absolute atomic E-state index is 0.103. The van der Waals surface area contributed by atoms with E-state index in [1.54, 1.807) is 29.1 Å². The molecule has 116 valence electrons. The van der Waals surface area contributed by atoms with Crippen molar-refractivity contribution in [2.24, 2.45) is 11.7 Å². The molecule has 0 aliphatic heterocycles. The minimum Gasteiger partial charge on any atom is -0.327 e. The summed E-state index contributed by atoms with van der Waals surface area (Å²) in [7, 11) is 0. The average molecular weight is 302 g/mol. The number of nitrogens with zero attached hydrogens (tertiary/aromatic N) is 2. The molecule has 0 bridgehead atoms. The molecule has 3 rings (SSSR count). The number of hydrogen-bond donors (Lipinski definition) is 2. The molecule has 1 aromatic heterocycles. The number of rotatable bonds is 4. The molecule has 1 heterocycles. The Morgan fingerprint density at radius 2 is 2.32 bits per heavy atom. The number of halogens is 1. The zero-order valence-corrected chi connectivity index (χ0v) is 12.2. The number of carbonyl (C=O) groups is 1. The van der Waals surface area contributed by atoms with E-state index in [0.717, 1.165) is 19.3 Å². The molecule has 1 amide bonds. The van der Waals surface area contributed by atoms with Gasteiger partial charge in [0.05, 0.1) is 12.0 Å². The number of nitrogens with two attached hydrogens (primary N) is 1. The van der Waals surface area contributed by atoms with E-state index in [4.69, 9.17) is 5.73 Å². The maximum Gasteiger partial charge on any atom is 0.224 e. The van der Waals surface area contributed by atoms with E-state index in [9.17, 15) is 9.18 Å². The second kappa shape index (κ2) is 6.27. The Morgan fingerprint density at radius 1 is 1.45 bits per heavy atom. The number of benzene rings is 1. The topological polar surface area (TPSA) is 72.9 Å². The molecule has 6 heteroatoms. The van der Waals surface area contributed by atoms with Crippen LogP contribution in [0, 0.1) is 11.7 Å². The number of hydrogen-bond acceptors (Lipinski definition) is 3. The van der Waals surface area contributed by atoms with E-state index >= 15 is 0 Å². The number of amides is 1. The van der Waals surface area contributed by atoms with Crippen molar-refractivity contribution in [3.8, 4) is 5.69 Å². The van der Waals surface area contributed by atoms with Crippen molar-refractivity contribution in [2.45, 2.75) is 31.7 Å². The van der Waals surface area contributed by atoms with Gasteiger partial charge in [0.1, 0.15) is 5.82 Å². The summed E-state index contributed by atoms with van der Waals surface area (Å²) >= 11 is 0. The van der Waals surface area contributed by atoms with Gasteiger partial charge in [0.15, 0.2) is 0 Å². The summed E-state index contributed by atoms with van der Waals surface area (Å²) in [4.78, 5) is 15.9. The lowest BCUT2D eigenvalue weighted by Gasteiger charge is -2.15. The fraction of sp³-hybridized carbons (Fsp3) is 0.375. The van der Waals surface area contributed by atoms with Gasteiger partial charge in [-0.15, -0.1) is 0 Å². The van der Waals surface area contributed by atoms with Crippen molar-refractivity contribution in [3.63, 3.8) is 0 Å². The van der Waals surface area contributed by atoms with Gasteiger partial charge in [-0.3, -0.25) is 4.79 Å². The summed E-state index contributed by atoms with van der Waals surface area (Å²) in [6.45, 7) is 0. The molecule has 1 aliphatic rings. The highest BCUT2D eigenvalue weighted by atomic mass is 19.1. The van der Waals surface area contributed by atoms with Crippen LogP contribution in [0.4, 0.5) is 10.1 Å². The van der Waals surface area contributed by atoms with Crippen molar-refractivity contribution in [2.75, 3.05) is 5.32 Å². The van der Waals surface area contributed by atoms with E-state index < -0.39 is 5.82 Å². The van der Waals surface area contributed by atoms with Crippen LogP contribution in [0.25, 0.3) is 5.69 Å². The highest BCUT2D eigenvalue weighted by Crippen LogP contribution is 2.27. The van der Waals surface area contributed by atoms with Gasteiger partial charge in [0, 0.05) is 30.5 Å². The second-order valence-electron chi connectivity index (χ2n) is 5.74. The van der Waals surface area contributed by atoms with E-state index in [-0.39, 0.29) is 17.9 Å². The lowest BCUT2D eigenvalue weighted by molar-refractivity contribution is -0.117. The van der Waals surface area contributed by atoms with E-state index in [1.165, 1.54) is 12.4 Å². The van der Waals surface area contributed by atoms with Crippen molar-refractivity contribution in [1.29, 1.82) is 0 Å². The predicted molar refractivity (Wildman–Crippen MR) is 82.1 cm³/mol. The lowest BCUT2D eigenvalue weighted by Crippen LogP contribution is -2.28. The summed E-state index contributed by atoms with van der Waals surface area (Å²) in [5.41, 5.74) is 6.82. The van der Waals surface area contributed by atoms with Crippen LogP contribution in [-0.2, 0) is 4.79 Å². The molecule has 2 aromatic rings. The van der Waals surface area contributed by atoms with Crippen LogP contribution in [0.3, 0.4) is 0 Å². The Bertz CT molecular complexity index is 656. The fourth-order valence-corrected chi connectivity index (χ4v) is 2.96. The normalized spacial score (nSPS) is 21.0. The Labute approximate surface area is 128 Å². The van der Waals surface area contributed by atoms with Crippen molar-refractivity contribution in [3.05, 3.63) is 42.7 Å². The molecule has 3 N–H and O–H groups in total. The zero-order chi connectivity index (χ0) is 15.5. The smallest absolute Gasteiger partial charge is 0.224 e. The van der Waals surface area contributed by atoms with E-state index in [2.05, 4.69) is 10.3 Å². The second-order valence-corrected chi connectivity index (χ2v) is 5.74. The molecule has 0 radical (unpaired) electrons. The van der Waals surface area contributed by atoms with Crippen molar-refractivity contribution >= 4 is 11.6 Å². The maximum absolute atomic E-state index is 14.1. The van der Waals surface area contributed by atoms with Gasteiger partial charge in [-0.2, -0.15) is 0 Å². The quantitative estimate of drug-likeness (QED) is 0.911. The molecule has 0 unspecified atom stereocenters. The molecule has 5 nitrogen and oxygen atoms in total. The van der Waals surface area contributed by atoms with Crippen LogP contribution in [0.15, 0.2) is 36.9 Å². The number of aromatic nitrogens is 2. The van der Waals surface area contributed by atoms with Crippen molar-refractivity contribution < 1.29 is 9.18 Å². The maximum atomic E-state index is 14.1. The van der Waals surface area contributed by atoms with Crippen LogP contribution in [-0.4, -0.2) is 21.5 Å². The Hall–Kier alpha value is -2.21. The van der Waals surface area contributed by atoms with Crippen LogP contribution < -0.4 is 11.1 Å². The van der Waals surface area contributed by atoms with Gasteiger partial charge >= 0.3 is 0 Å². The summed E-state index contributed by atoms with van der Waals surface area (Å²) in [6.07, 6.45) is 8.21. The Kier molecular flexibility index (Phi) is 4.20. The van der Waals surface area contributed by atoms with Crippen LogP contribution in [0.1, 0.15) is 25.7 Å². The van der Waals surface area contributed by atoms with Gasteiger partial charge in [-0.05, 0) is 37.0 Å². The third kappa shape index (κ3) is 3.17. The molecular weight excluding hydrogens is 283 g/mol. The molecule has 0 spiro atoms. The van der Waals surface area contributed by atoms with Crippen LogP contribution >= 0.6 is 0 Å². The third-order valence-corrected chi connectivity index (χ3v) is 4.18. The highest BCUT2D eigenvalue weighted by Gasteiger charge is 2.26. The molecule has 2 atom stereocenters. The SMILES string of the molecule is N[C@@H]1CCC[C@H]1CC(=O)Nc1ccc(-n2ccnc2)c(F)c1. The van der Waals surface area contributed by atoms with Crippen molar-refractivity contribution in [1.82, 2.24) is 9.55 Å². The predicted octanol–water partition coefficient (Wildman–Crippen LogP) is 2.47. The van der Waals surface area contributed by atoms with E-state index in [0.29, 0.717) is 17.8 Å². The molecule has 0 saturated heterocycles. The summed E-state index contributed by atoms with van der Waals surface area (Å²) < 4.78 is 15.7. The number of carbonyl (C=O) groups excluding carboxylic acids is 1. The van der Waals surface area contributed by atoms with Gasteiger partial charge in [-0.1, -0.05) is 6.42 Å². The molecule has 1 saturated carbocycles. The molecule has 1 fully saturated rings. The van der Waals surface area contributed by atoms with Crippen LogP contribution in [0.2, 0.25) is 0 Å². The van der Waals surface area contributed by atoms with Gasteiger partial charge in [0.25, 0.3) is 0 Å². The Morgan fingerprint density at radius 3 is 2.95 bits per heavy atom. The average Bonchev–Trinajstić information content (AvgIpc) is 3.12. The molecule has 22 heavy (non-hydrogen) atoms. The summed E-state index contributed by atoms with van der Waals surface area (Å²) in [5, 5.41) is 2.74. The zero-order valence-electron chi connectivity index (χ0n) is 12.2. The lowest BCUT2D eigenvalue weighted by atomic mass is 10.00. The fourth-order valence-electron chi connectivity index (χ4n) is 2.96. The molecular formula is C16H19FN4O. The van der Waals surface area contributed by atoms with Gasteiger partial charge < -0.3 is 15.6 Å². The van der Waals surface area contributed by atoms with Crippen LogP contribution in [0.5, 0.6) is 0 Å². The molecule has 1 aromatic carbocycles. The standard InChI is InChI=1S/C16H19FN4O/c17-13-9-12(4-5-15(13)21-7-6-19-10-21)20-16(22)8-11-2-1-3-14(11)18/h4-7,9-11,14H,1-3,8,18H2,(H,20,22)/t11-,14+/m0/s1.